The molecule has 0 aromatic heterocycles. The number of rotatable bonds is 4. The Hall–Kier alpha value is -1.55. The van der Waals surface area contributed by atoms with Crippen molar-refractivity contribution in [1.29, 1.82) is 0 Å². The summed E-state index contributed by atoms with van der Waals surface area (Å²) in [4.78, 5) is 24.1. The molecule has 1 aromatic rings. The lowest BCUT2D eigenvalue weighted by atomic mass is 10.1. The van der Waals surface area contributed by atoms with Crippen LogP contribution in [0, 0.1) is 0 Å². The zero-order valence-corrected chi connectivity index (χ0v) is 10.6. The van der Waals surface area contributed by atoms with Gasteiger partial charge >= 0.3 is 0 Å². The molecule has 0 spiro atoms. The van der Waals surface area contributed by atoms with Crippen LogP contribution in [0.5, 0.6) is 0 Å². The Morgan fingerprint density at radius 1 is 1.24 bits per heavy atom. The molecular weight excluding hydrogens is 240 g/mol. The second-order valence-electron chi connectivity index (χ2n) is 3.81. The normalized spacial score (nSPS) is 9.82. The molecule has 1 N–H and O–H groups in total. The minimum absolute atomic E-state index is 0.0404. The molecule has 0 atom stereocenters. The van der Waals surface area contributed by atoms with Gasteiger partial charge in [0.15, 0.2) is 0 Å². The summed E-state index contributed by atoms with van der Waals surface area (Å²) >= 11 is 5.36. The topological polar surface area (TPSA) is 49.4 Å². The van der Waals surface area contributed by atoms with Crippen molar-refractivity contribution in [3.8, 4) is 0 Å². The van der Waals surface area contributed by atoms with E-state index < -0.39 is 0 Å². The minimum atomic E-state index is -0.208. The van der Waals surface area contributed by atoms with E-state index in [-0.39, 0.29) is 17.7 Å². The summed E-state index contributed by atoms with van der Waals surface area (Å²) in [5, 5.41) is 2.65. The summed E-state index contributed by atoms with van der Waals surface area (Å²) < 4.78 is 0. The van der Waals surface area contributed by atoms with Crippen LogP contribution in [0.1, 0.15) is 15.9 Å². The lowest BCUT2D eigenvalue weighted by Crippen LogP contribution is -2.24. The smallest absolute Gasteiger partial charge is 0.253 e. The molecule has 0 aliphatic heterocycles. The highest BCUT2D eigenvalue weighted by atomic mass is 35.5. The molecule has 0 heterocycles. The Morgan fingerprint density at radius 2 is 1.82 bits per heavy atom. The maximum Gasteiger partial charge on any atom is 0.253 e. The SMILES string of the molecule is CN(C)C(=O)c1ccc(CNC(=O)CCl)cc1. The molecule has 0 bridgehead atoms. The Kier molecular flexibility index (Phi) is 4.97. The van der Waals surface area contributed by atoms with Gasteiger partial charge in [0.2, 0.25) is 5.91 Å². The van der Waals surface area contributed by atoms with Crippen molar-refractivity contribution in [3.05, 3.63) is 35.4 Å². The van der Waals surface area contributed by atoms with Crippen molar-refractivity contribution in [2.24, 2.45) is 0 Å². The minimum Gasteiger partial charge on any atom is -0.351 e. The fourth-order valence-electron chi connectivity index (χ4n) is 1.27. The summed E-state index contributed by atoms with van der Waals surface area (Å²) in [6, 6.07) is 7.10. The number of amides is 2. The second kappa shape index (κ2) is 6.25. The van der Waals surface area contributed by atoms with E-state index in [0.717, 1.165) is 5.56 Å². The van der Waals surface area contributed by atoms with Gasteiger partial charge in [-0.2, -0.15) is 0 Å². The third-order valence-electron chi connectivity index (χ3n) is 2.22. The van der Waals surface area contributed by atoms with Gasteiger partial charge in [-0.25, -0.2) is 0 Å². The first-order chi connectivity index (χ1) is 8.04. The van der Waals surface area contributed by atoms with Gasteiger partial charge in [0.1, 0.15) is 5.88 Å². The average molecular weight is 255 g/mol. The molecule has 0 unspecified atom stereocenters. The van der Waals surface area contributed by atoms with Crippen molar-refractivity contribution in [1.82, 2.24) is 10.2 Å². The molecule has 1 rings (SSSR count). The molecule has 4 nitrogen and oxygen atoms in total. The lowest BCUT2D eigenvalue weighted by molar-refractivity contribution is -0.118. The van der Waals surface area contributed by atoms with Crippen LogP contribution < -0.4 is 5.32 Å². The van der Waals surface area contributed by atoms with Gasteiger partial charge in [-0.15, -0.1) is 11.6 Å². The van der Waals surface area contributed by atoms with Crippen LogP contribution in [0.2, 0.25) is 0 Å². The van der Waals surface area contributed by atoms with Gasteiger partial charge in [0.25, 0.3) is 5.91 Å². The summed E-state index contributed by atoms with van der Waals surface area (Å²) in [6.07, 6.45) is 0. The molecule has 0 saturated carbocycles. The number of hydrogen-bond acceptors (Lipinski definition) is 2. The molecule has 17 heavy (non-hydrogen) atoms. The predicted octanol–water partition coefficient (Wildman–Crippen LogP) is 1.24. The van der Waals surface area contributed by atoms with Crippen LogP contribution in [-0.2, 0) is 11.3 Å². The number of nitrogens with zero attached hydrogens (tertiary/aromatic N) is 1. The summed E-state index contributed by atoms with van der Waals surface area (Å²) in [6.45, 7) is 0.419. The van der Waals surface area contributed by atoms with Gasteiger partial charge in [-0.3, -0.25) is 9.59 Å². The van der Waals surface area contributed by atoms with Gasteiger partial charge in [0, 0.05) is 26.2 Å². The van der Waals surface area contributed by atoms with Crippen LogP contribution in [0.25, 0.3) is 0 Å². The number of benzene rings is 1. The van der Waals surface area contributed by atoms with Crippen molar-refractivity contribution < 1.29 is 9.59 Å². The Labute approximate surface area is 106 Å². The van der Waals surface area contributed by atoms with Crippen LogP contribution >= 0.6 is 11.6 Å². The summed E-state index contributed by atoms with van der Waals surface area (Å²) in [7, 11) is 3.41. The number of nitrogens with one attached hydrogen (secondary N) is 1. The quantitative estimate of drug-likeness (QED) is 0.822. The molecule has 2 amide bonds. The Balaban J connectivity index is 2.62. The first-order valence-electron chi connectivity index (χ1n) is 5.18. The Bertz CT molecular complexity index is 401. The van der Waals surface area contributed by atoms with Crippen LogP contribution in [0.15, 0.2) is 24.3 Å². The summed E-state index contributed by atoms with van der Waals surface area (Å²) in [5.41, 5.74) is 1.56. The Morgan fingerprint density at radius 3 is 2.29 bits per heavy atom. The van der Waals surface area contributed by atoms with E-state index in [4.69, 9.17) is 11.6 Å². The molecule has 1 aromatic carbocycles. The van der Waals surface area contributed by atoms with E-state index in [1.807, 2.05) is 12.1 Å². The maximum atomic E-state index is 11.6. The molecule has 92 valence electrons. The summed E-state index contributed by atoms with van der Waals surface area (Å²) in [5.74, 6) is -0.293. The van der Waals surface area contributed by atoms with Gasteiger partial charge in [-0.1, -0.05) is 12.1 Å². The highest BCUT2D eigenvalue weighted by Crippen LogP contribution is 2.06. The van der Waals surface area contributed by atoms with E-state index in [1.165, 1.54) is 4.90 Å². The van der Waals surface area contributed by atoms with Gasteiger partial charge < -0.3 is 10.2 Å². The molecule has 5 heteroatoms. The molecular formula is C12H15ClN2O2. The van der Waals surface area contributed by atoms with Crippen molar-refractivity contribution in [2.75, 3.05) is 20.0 Å². The second-order valence-corrected chi connectivity index (χ2v) is 4.07. The molecule has 0 radical (unpaired) electrons. The van der Waals surface area contributed by atoms with Crippen molar-refractivity contribution in [2.45, 2.75) is 6.54 Å². The monoisotopic (exact) mass is 254 g/mol. The fraction of sp³-hybridized carbons (Fsp3) is 0.333. The number of alkyl halides is 1. The number of halogens is 1. The maximum absolute atomic E-state index is 11.6. The van der Waals surface area contributed by atoms with Crippen LogP contribution in [-0.4, -0.2) is 36.7 Å². The number of hydrogen-bond donors (Lipinski definition) is 1. The highest BCUT2D eigenvalue weighted by molar-refractivity contribution is 6.27. The average Bonchev–Trinajstić information content (AvgIpc) is 2.35. The fourth-order valence-corrected chi connectivity index (χ4v) is 1.37. The zero-order chi connectivity index (χ0) is 12.8. The first-order valence-corrected chi connectivity index (χ1v) is 5.71. The predicted molar refractivity (Wildman–Crippen MR) is 67.0 cm³/mol. The van der Waals surface area contributed by atoms with Gasteiger partial charge in [0.05, 0.1) is 0 Å². The number of carbonyl (C=O) groups is 2. The van der Waals surface area contributed by atoms with Crippen LogP contribution in [0.3, 0.4) is 0 Å². The van der Waals surface area contributed by atoms with E-state index in [0.29, 0.717) is 12.1 Å². The zero-order valence-electron chi connectivity index (χ0n) is 9.87. The highest BCUT2D eigenvalue weighted by Gasteiger charge is 2.07. The third-order valence-corrected chi connectivity index (χ3v) is 2.46. The number of carbonyl (C=O) groups excluding carboxylic acids is 2. The van der Waals surface area contributed by atoms with E-state index >= 15 is 0 Å². The molecule has 0 aliphatic carbocycles. The van der Waals surface area contributed by atoms with E-state index in [2.05, 4.69) is 5.32 Å². The standard InChI is InChI=1S/C12H15ClN2O2/c1-15(2)12(17)10-5-3-9(4-6-10)8-14-11(16)7-13/h3-6H,7-8H2,1-2H3,(H,14,16). The lowest BCUT2D eigenvalue weighted by Gasteiger charge is -2.10. The largest absolute Gasteiger partial charge is 0.351 e. The van der Waals surface area contributed by atoms with Crippen molar-refractivity contribution in [3.63, 3.8) is 0 Å². The molecule has 0 fully saturated rings. The van der Waals surface area contributed by atoms with Crippen molar-refractivity contribution >= 4 is 23.4 Å². The molecule has 0 aliphatic rings. The van der Waals surface area contributed by atoms with E-state index in [1.54, 1.807) is 26.2 Å². The third kappa shape index (κ3) is 4.07. The van der Waals surface area contributed by atoms with Crippen LogP contribution in [0.4, 0.5) is 0 Å². The van der Waals surface area contributed by atoms with E-state index in [9.17, 15) is 9.59 Å². The van der Waals surface area contributed by atoms with Gasteiger partial charge in [-0.05, 0) is 17.7 Å². The first kappa shape index (κ1) is 13.5. The molecule has 0 saturated heterocycles.